The third-order valence-electron chi connectivity index (χ3n) is 4.05. The zero-order valence-electron chi connectivity index (χ0n) is 14.6. The van der Waals surface area contributed by atoms with Crippen molar-refractivity contribution in [1.82, 2.24) is 9.78 Å². The molecule has 0 aliphatic heterocycles. The fourth-order valence-corrected chi connectivity index (χ4v) is 3.61. The number of nitrogens with zero attached hydrogens (tertiary/aromatic N) is 2. The van der Waals surface area contributed by atoms with Gasteiger partial charge in [0.1, 0.15) is 16.3 Å². The molecule has 140 valence electrons. The van der Waals surface area contributed by atoms with E-state index in [0.29, 0.717) is 38.2 Å². The minimum atomic E-state index is -0.416. The summed E-state index contributed by atoms with van der Waals surface area (Å²) in [5, 5.41) is 6.65. The molecule has 3 aromatic heterocycles. The lowest BCUT2D eigenvalue weighted by Gasteiger charge is -2.00. The number of rotatable bonds is 4. The molecule has 0 amide bonds. The highest BCUT2D eigenvalue weighted by Gasteiger charge is 2.19. The quantitative estimate of drug-likeness (QED) is 0.441. The van der Waals surface area contributed by atoms with Crippen LogP contribution < -0.4 is 0 Å². The molecule has 0 unspecified atom stereocenters. The van der Waals surface area contributed by atoms with Crippen LogP contribution in [-0.2, 0) is 4.74 Å². The van der Waals surface area contributed by atoms with E-state index in [1.54, 1.807) is 60.1 Å². The normalized spacial score (nSPS) is 10.8. The van der Waals surface area contributed by atoms with Gasteiger partial charge in [-0.3, -0.25) is 4.79 Å². The summed E-state index contributed by atoms with van der Waals surface area (Å²) in [6, 6.07) is 13.6. The molecule has 1 aromatic carbocycles. The molecule has 0 aliphatic carbocycles. The zero-order valence-corrected chi connectivity index (χ0v) is 16.2. The Labute approximate surface area is 168 Å². The molecule has 4 aromatic rings. The van der Waals surface area contributed by atoms with Gasteiger partial charge in [0.05, 0.1) is 7.11 Å². The molecule has 0 aliphatic rings. The standard InChI is InChI=1S/C20H13ClN2O4S/c1-26-20(25)18-14(9-11-28-18)16-6-7-17(27-16)15-8-10-23(22-15)19(24)12-2-4-13(21)5-3-12/h2-11H,1H3. The number of carbonyl (C=O) groups excluding carboxylic acids is 2. The van der Waals surface area contributed by atoms with Crippen LogP contribution in [-0.4, -0.2) is 28.8 Å². The molecule has 0 N–H and O–H groups in total. The number of methoxy groups -OCH3 is 1. The van der Waals surface area contributed by atoms with E-state index in [2.05, 4.69) is 5.10 Å². The molecular weight excluding hydrogens is 400 g/mol. The number of hydrogen-bond donors (Lipinski definition) is 0. The third-order valence-corrected chi connectivity index (χ3v) is 5.19. The van der Waals surface area contributed by atoms with Crippen molar-refractivity contribution < 1.29 is 18.7 Å². The summed E-state index contributed by atoms with van der Waals surface area (Å²) in [6.07, 6.45) is 1.57. The van der Waals surface area contributed by atoms with Crippen molar-refractivity contribution in [3.63, 3.8) is 0 Å². The maximum Gasteiger partial charge on any atom is 0.348 e. The summed E-state index contributed by atoms with van der Waals surface area (Å²) in [5.74, 6) is 0.316. The Bertz CT molecular complexity index is 1160. The van der Waals surface area contributed by atoms with E-state index in [0.717, 1.165) is 0 Å². The first-order chi connectivity index (χ1) is 13.6. The van der Waals surface area contributed by atoms with E-state index in [1.165, 1.54) is 23.1 Å². The predicted molar refractivity (Wildman–Crippen MR) is 106 cm³/mol. The van der Waals surface area contributed by atoms with Crippen LogP contribution in [0, 0.1) is 0 Å². The first kappa shape index (κ1) is 18.2. The van der Waals surface area contributed by atoms with Gasteiger partial charge in [-0.1, -0.05) is 11.6 Å². The first-order valence-electron chi connectivity index (χ1n) is 8.19. The van der Waals surface area contributed by atoms with Crippen LogP contribution in [0.5, 0.6) is 0 Å². The van der Waals surface area contributed by atoms with Gasteiger partial charge in [0, 0.05) is 22.3 Å². The van der Waals surface area contributed by atoms with E-state index in [-0.39, 0.29) is 5.91 Å². The fourth-order valence-electron chi connectivity index (χ4n) is 2.67. The van der Waals surface area contributed by atoms with E-state index >= 15 is 0 Å². The van der Waals surface area contributed by atoms with Crippen LogP contribution in [0.15, 0.2) is 64.5 Å². The minimum absolute atomic E-state index is 0.277. The topological polar surface area (TPSA) is 74.3 Å². The Morgan fingerprint density at radius 3 is 2.57 bits per heavy atom. The SMILES string of the molecule is COC(=O)c1sccc1-c1ccc(-c2ccn(C(=O)c3ccc(Cl)cc3)n2)o1. The van der Waals surface area contributed by atoms with Crippen LogP contribution in [0.25, 0.3) is 22.8 Å². The minimum Gasteiger partial charge on any atom is -0.465 e. The molecule has 3 heterocycles. The Morgan fingerprint density at radius 2 is 1.82 bits per heavy atom. The van der Waals surface area contributed by atoms with Crippen molar-refractivity contribution in [2.24, 2.45) is 0 Å². The number of furan rings is 1. The van der Waals surface area contributed by atoms with Gasteiger partial charge in [-0.05, 0) is 53.9 Å². The molecule has 6 nitrogen and oxygen atoms in total. The predicted octanol–water partition coefficient (Wildman–Crippen LogP) is 5.00. The smallest absolute Gasteiger partial charge is 0.348 e. The van der Waals surface area contributed by atoms with Crippen molar-refractivity contribution in [2.75, 3.05) is 7.11 Å². The molecule has 0 fully saturated rings. The van der Waals surface area contributed by atoms with Gasteiger partial charge in [-0.25, -0.2) is 9.48 Å². The van der Waals surface area contributed by atoms with Crippen LogP contribution in [0.2, 0.25) is 5.02 Å². The number of carbonyl (C=O) groups is 2. The second kappa shape index (κ2) is 7.46. The van der Waals surface area contributed by atoms with Gasteiger partial charge in [0.25, 0.3) is 5.91 Å². The monoisotopic (exact) mass is 412 g/mol. The highest BCUT2D eigenvalue weighted by Crippen LogP contribution is 2.33. The van der Waals surface area contributed by atoms with E-state index in [4.69, 9.17) is 20.8 Å². The van der Waals surface area contributed by atoms with E-state index in [9.17, 15) is 9.59 Å². The molecule has 0 radical (unpaired) electrons. The largest absolute Gasteiger partial charge is 0.465 e. The summed E-state index contributed by atoms with van der Waals surface area (Å²) in [4.78, 5) is 24.9. The zero-order chi connectivity index (χ0) is 19.7. The summed E-state index contributed by atoms with van der Waals surface area (Å²) in [5.41, 5.74) is 1.63. The maximum atomic E-state index is 12.5. The highest BCUT2D eigenvalue weighted by molar-refractivity contribution is 7.12. The summed E-state index contributed by atoms with van der Waals surface area (Å²) in [7, 11) is 1.34. The maximum absolute atomic E-state index is 12.5. The number of benzene rings is 1. The van der Waals surface area contributed by atoms with Crippen molar-refractivity contribution in [3.8, 4) is 22.8 Å². The molecule has 0 atom stereocenters. The average Bonchev–Trinajstić information content (AvgIpc) is 3.46. The number of thiophene rings is 1. The molecule has 0 spiro atoms. The highest BCUT2D eigenvalue weighted by atomic mass is 35.5. The first-order valence-corrected chi connectivity index (χ1v) is 9.45. The Kier molecular flexibility index (Phi) is 4.85. The number of halogens is 1. The van der Waals surface area contributed by atoms with Gasteiger partial charge in [0.15, 0.2) is 5.76 Å². The van der Waals surface area contributed by atoms with Crippen molar-refractivity contribution in [2.45, 2.75) is 0 Å². The second-order valence-electron chi connectivity index (χ2n) is 5.78. The van der Waals surface area contributed by atoms with Gasteiger partial charge in [-0.2, -0.15) is 5.10 Å². The van der Waals surface area contributed by atoms with Crippen LogP contribution in [0.1, 0.15) is 20.0 Å². The van der Waals surface area contributed by atoms with Crippen LogP contribution >= 0.6 is 22.9 Å². The summed E-state index contributed by atoms with van der Waals surface area (Å²) < 4.78 is 11.9. The number of hydrogen-bond acceptors (Lipinski definition) is 6. The van der Waals surface area contributed by atoms with E-state index in [1.807, 2.05) is 0 Å². The Hall–Kier alpha value is -3.16. The molecule has 0 saturated heterocycles. The molecule has 0 saturated carbocycles. The Morgan fingerprint density at radius 1 is 1.07 bits per heavy atom. The summed E-state index contributed by atoms with van der Waals surface area (Å²) in [6.45, 7) is 0. The van der Waals surface area contributed by atoms with Gasteiger partial charge < -0.3 is 9.15 Å². The average molecular weight is 413 g/mol. The number of ether oxygens (including phenoxy) is 1. The van der Waals surface area contributed by atoms with Crippen LogP contribution in [0.4, 0.5) is 0 Å². The Balaban J connectivity index is 1.60. The molecular formula is C20H13ClN2O4S. The summed E-state index contributed by atoms with van der Waals surface area (Å²) >= 11 is 7.14. The molecule has 28 heavy (non-hydrogen) atoms. The fraction of sp³-hybridized carbons (Fsp3) is 0.0500. The lowest BCUT2D eigenvalue weighted by atomic mass is 10.2. The van der Waals surface area contributed by atoms with Gasteiger partial charge in [-0.15, -0.1) is 11.3 Å². The van der Waals surface area contributed by atoms with Crippen molar-refractivity contribution in [1.29, 1.82) is 0 Å². The number of esters is 1. The lowest BCUT2D eigenvalue weighted by molar-refractivity contribution is 0.0606. The molecule has 4 rings (SSSR count). The lowest BCUT2D eigenvalue weighted by Crippen LogP contribution is -2.12. The second-order valence-corrected chi connectivity index (χ2v) is 7.13. The molecule has 0 bridgehead atoms. The van der Waals surface area contributed by atoms with Crippen LogP contribution in [0.3, 0.4) is 0 Å². The third kappa shape index (κ3) is 3.37. The van der Waals surface area contributed by atoms with Crippen molar-refractivity contribution in [3.05, 3.63) is 75.6 Å². The number of aromatic nitrogens is 2. The van der Waals surface area contributed by atoms with E-state index < -0.39 is 5.97 Å². The van der Waals surface area contributed by atoms with Crippen molar-refractivity contribution >= 4 is 34.8 Å². The van der Waals surface area contributed by atoms with Gasteiger partial charge >= 0.3 is 5.97 Å². The molecule has 8 heteroatoms. The van der Waals surface area contributed by atoms with Gasteiger partial charge in [0.2, 0.25) is 0 Å².